The summed E-state index contributed by atoms with van der Waals surface area (Å²) in [7, 11) is 0. The van der Waals surface area contributed by atoms with Crippen molar-refractivity contribution in [3.63, 3.8) is 0 Å². The Bertz CT molecular complexity index is 233. The minimum atomic E-state index is -0.799. The van der Waals surface area contributed by atoms with E-state index in [4.69, 9.17) is 0 Å². The zero-order valence-electron chi connectivity index (χ0n) is 7.02. The molecule has 0 aromatic rings. The fourth-order valence-electron chi connectivity index (χ4n) is 1.08. The maximum absolute atomic E-state index is 13.0. The van der Waals surface area contributed by atoms with Gasteiger partial charge in [0.1, 0.15) is 6.17 Å². The highest BCUT2D eigenvalue weighted by Crippen LogP contribution is 2.25. The third kappa shape index (κ3) is 1.79. The molecule has 0 bridgehead atoms. The van der Waals surface area contributed by atoms with Crippen molar-refractivity contribution in [3.05, 3.63) is 35.5 Å². The lowest BCUT2D eigenvalue weighted by Crippen LogP contribution is -2.07. The minimum Gasteiger partial charge on any atom is -0.242 e. The SMILES string of the molecule is C=C(C)C1=CC=C(C)C(F)C1. The molecular formula is C10H13F. The van der Waals surface area contributed by atoms with Gasteiger partial charge in [-0.05, 0) is 25.0 Å². The molecule has 1 atom stereocenters. The van der Waals surface area contributed by atoms with Crippen molar-refractivity contribution in [1.29, 1.82) is 0 Å². The Kier molecular flexibility index (Phi) is 2.28. The topological polar surface area (TPSA) is 0 Å². The average molecular weight is 152 g/mol. The van der Waals surface area contributed by atoms with Crippen LogP contribution in [0.2, 0.25) is 0 Å². The Morgan fingerprint density at radius 2 is 2.27 bits per heavy atom. The zero-order valence-corrected chi connectivity index (χ0v) is 7.02. The van der Waals surface area contributed by atoms with Crippen LogP contribution in [0.1, 0.15) is 20.3 Å². The van der Waals surface area contributed by atoms with Gasteiger partial charge in [0.05, 0.1) is 0 Å². The zero-order chi connectivity index (χ0) is 8.43. The number of allylic oxidation sites excluding steroid dienone is 5. The predicted octanol–water partition coefficient (Wildman–Crippen LogP) is 3.18. The van der Waals surface area contributed by atoms with Crippen molar-refractivity contribution >= 4 is 0 Å². The fourth-order valence-corrected chi connectivity index (χ4v) is 1.08. The first-order valence-electron chi connectivity index (χ1n) is 3.78. The van der Waals surface area contributed by atoms with E-state index in [2.05, 4.69) is 6.58 Å². The Labute approximate surface area is 67.1 Å². The van der Waals surface area contributed by atoms with E-state index in [0.717, 1.165) is 16.7 Å². The van der Waals surface area contributed by atoms with E-state index >= 15 is 0 Å². The van der Waals surface area contributed by atoms with E-state index in [1.54, 1.807) is 0 Å². The molecule has 0 aromatic heterocycles. The van der Waals surface area contributed by atoms with Crippen LogP contribution in [0.4, 0.5) is 4.39 Å². The van der Waals surface area contributed by atoms with Crippen LogP contribution in [0.5, 0.6) is 0 Å². The van der Waals surface area contributed by atoms with Gasteiger partial charge in [0.15, 0.2) is 0 Å². The summed E-state index contributed by atoms with van der Waals surface area (Å²) in [5, 5.41) is 0. The lowest BCUT2D eigenvalue weighted by atomic mass is 9.94. The quantitative estimate of drug-likeness (QED) is 0.541. The largest absolute Gasteiger partial charge is 0.242 e. The van der Waals surface area contributed by atoms with Crippen LogP contribution >= 0.6 is 0 Å². The van der Waals surface area contributed by atoms with E-state index in [-0.39, 0.29) is 0 Å². The molecule has 11 heavy (non-hydrogen) atoms. The molecule has 60 valence electrons. The molecule has 0 aliphatic heterocycles. The number of halogens is 1. The second-order valence-electron chi connectivity index (χ2n) is 3.05. The average Bonchev–Trinajstić information content (AvgIpc) is 1.94. The predicted molar refractivity (Wildman–Crippen MR) is 46.2 cm³/mol. The molecule has 1 aliphatic rings. The van der Waals surface area contributed by atoms with Crippen molar-refractivity contribution < 1.29 is 4.39 Å². The van der Waals surface area contributed by atoms with Crippen LogP contribution in [0.3, 0.4) is 0 Å². The van der Waals surface area contributed by atoms with Gasteiger partial charge >= 0.3 is 0 Å². The summed E-state index contributed by atoms with van der Waals surface area (Å²) in [4.78, 5) is 0. The maximum atomic E-state index is 13.0. The molecule has 0 aromatic carbocycles. The van der Waals surface area contributed by atoms with Crippen LogP contribution in [0.15, 0.2) is 35.5 Å². The molecule has 1 aliphatic carbocycles. The normalized spacial score (nSPS) is 24.1. The molecule has 0 spiro atoms. The van der Waals surface area contributed by atoms with E-state index in [0.29, 0.717) is 6.42 Å². The number of hydrogen-bond donors (Lipinski definition) is 0. The van der Waals surface area contributed by atoms with Crippen LogP contribution in [0, 0.1) is 0 Å². The van der Waals surface area contributed by atoms with E-state index in [1.165, 1.54) is 0 Å². The van der Waals surface area contributed by atoms with Crippen molar-refractivity contribution in [2.75, 3.05) is 0 Å². The summed E-state index contributed by atoms with van der Waals surface area (Å²) in [6, 6.07) is 0. The Morgan fingerprint density at radius 3 is 2.73 bits per heavy atom. The molecule has 0 nitrogen and oxygen atoms in total. The Morgan fingerprint density at radius 1 is 1.64 bits per heavy atom. The third-order valence-corrected chi connectivity index (χ3v) is 1.99. The first-order chi connectivity index (χ1) is 5.11. The maximum Gasteiger partial charge on any atom is 0.125 e. The van der Waals surface area contributed by atoms with Gasteiger partial charge in [0.25, 0.3) is 0 Å². The lowest BCUT2D eigenvalue weighted by molar-refractivity contribution is 0.377. The molecular weight excluding hydrogens is 139 g/mol. The van der Waals surface area contributed by atoms with E-state index in [1.807, 2.05) is 26.0 Å². The lowest BCUT2D eigenvalue weighted by Gasteiger charge is -2.15. The fraction of sp³-hybridized carbons (Fsp3) is 0.400. The van der Waals surface area contributed by atoms with Gasteiger partial charge in [-0.2, -0.15) is 0 Å². The molecule has 1 rings (SSSR count). The van der Waals surface area contributed by atoms with Crippen molar-refractivity contribution in [1.82, 2.24) is 0 Å². The van der Waals surface area contributed by atoms with Gasteiger partial charge in [-0.1, -0.05) is 24.3 Å². The van der Waals surface area contributed by atoms with E-state index < -0.39 is 6.17 Å². The number of hydrogen-bond acceptors (Lipinski definition) is 0. The Balaban J connectivity index is 2.82. The minimum absolute atomic E-state index is 0.498. The van der Waals surface area contributed by atoms with Crippen molar-refractivity contribution in [2.24, 2.45) is 0 Å². The highest BCUT2D eigenvalue weighted by Gasteiger charge is 2.14. The summed E-state index contributed by atoms with van der Waals surface area (Å²) < 4.78 is 13.0. The summed E-state index contributed by atoms with van der Waals surface area (Å²) in [5.41, 5.74) is 2.81. The first-order valence-corrected chi connectivity index (χ1v) is 3.78. The Hall–Kier alpha value is -0.850. The molecule has 0 N–H and O–H groups in total. The molecule has 0 saturated carbocycles. The van der Waals surface area contributed by atoms with Gasteiger partial charge < -0.3 is 0 Å². The van der Waals surface area contributed by atoms with E-state index in [9.17, 15) is 4.39 Å². The first kappa shape index (κ1) is 8.25. The summed E-state index contributed by atoms with van der Waals surface area (Å²) in [6.45, 7) is 7.50. The highest BCUT2D eigenvalue weighted by molar-refractivity contribution is 5.36. The van der Waals surface area contributed by atoms with Gasteiger partial charge in [0, 0.05) is 6.42 Å². The molecule has 0 fully saturated rings. The number of alkyl halides is 1. The summed E-state index contributed by atoms with van der Waals surface area (Å²) >= 11 is 0. The smallest absolute Gasteiger partial charge is 0.125 e. The van der Waals surface area contributed by atoms with Crippen LogP contribution in [-0.2, 0) is 0 Å². The molecule has 0 saturated heterocycles. The van der Waals surface area contributed by atoms with Crippen LogP contribution in [0.25, 0.3) is 0 Å². The number of rotatable bonds is 1. The monoisotopic (exact) mass is 152 g/mol. The molecule has 1 unspecified atom stereocenters. The second kappa shape index (κ2) is 3.04. The van der Waals surface area contributed by atoms with Gasteiger partial charge in [-0.3, -0.25) is 0 Å². The van der Waals surface area contributed by atoms with Gasteiger partial charge in [-0.15, -0.1) is 0 Å². The van der Waals surface area contributed by atoms with Crippen molar-refractivity contribution in [2.45, 2.75) is 26.4 Å². The summed E-state index contributed by atoms with van der Waals surface area (Å²) in [5.74, 6) is 0. The second-order valence-corrected chi connectivity index (χ2v) is 3.05. The third-order valence-electron chi connectivity index (χ3n) is 1.99. The van der Waals surface area contributed by atoms with Crippen LogP contribution < -0.4 is 0 Å². The molecule has 1 heteroatoms. The highest BCUT2D eigenvalue weighted by atomic mass is 19.1. The molecule has 0 heterocycles. The van der Waals surface area contributed by atoms with Gasteiger partial charge in [-0.25, -0.2) is 4.39 Å². The summed E-state index contributed by atoms with van der Waals surface area (Å²) in [6.07, 6.45) is 3.48. The molecule has 0 radical (unpaired) electrons. The van der Waals surface area contributed by atoms with Crippen LogP contribution in [-0.4, -0.2) is 6.17 Å². The van der Waals surface area contributed by atoms with Gasteiger partial charge in [0.2, 0.25) is 0 Å². The molecule has 0 amide bonds. The van der Waals surface area contributed by atoms with Crippen molar-refractivity contribution in [3.8, 4) is 0 Å². The standard InChI is InChI=1S/C10H13F/c1-7(2)9-5-4-8(3)10(11)6-9/h4-5,10H,1,6H2,2-3H3.